The first-order valence-electron chi connectivity index (χ1n) is 11.7. The summed E-state index contributed by atoms with van der Waals surface area (Å²) in [6, 6.07) is 4.31. The normalized spacial score (nSPS) is 16.0. The Morgan fingerprint density at radius 2 is 2.09 bits per heavy atom. The van der Waals surface area contributed by atoms with Gasteiger partial charge in [0.05, 0.1) is 23.1 Å². The van der Waals surface area contributed by atoms with Crippen molar-refractivity contribution >= 4 is 33.3 Å². The summed E-state index contributed by atoms with van der Waals surface area (Å²) in [7, 11) is 2.14. The van der Waals surface area contributed by atoms with Crippen LogP contribution in [0.5, 0.6) is 0 Å². The number of likely N-dealkylation sites (N-methyl/N-ethyl adjacent to an activating group) is 1. The summed E-state index contributed by atoms with van der Waals surface area (Å²) in [6.07, 6.45) is 4.36. The number of hydrogen-bond donors (Lipinski definition) is 1. The van der Waals surface area contributed by atoms with E-state index in [0.717, 1.165) is 77.9 Å². The van der Waals surface area contributed by atoms with Crippen molar-refractivity contribution in [1.82, 2.24) is 25.1 Å². The zero-order chi connectivity index (χ0) is 23.4. The first kappa shape index (κ1) is 23.7. The Labute approximate surface area is 199 Å². The average molecular weight is 471 g/mol. The predicted molar refractivity (Wildman–Crippen MR) is 133 cm³/mol. The Morgan fingerprint density at radius 1 is 1.30 bits per heavy atom. The van der Waals surface area contributed by atoms with Gasteiger partial charge in [0.25, 0.3) is 5.91 Å². The lowest BCUT2D eigenvalue weighted by Gasteiger charge is -2.33. The molecule has 1 aliphatic rings. The summed E-state index contributed by atoms with van der Waals surface area (Å²) in [5, 5.41) is 4.14. The predicted octanol–water partition coefficient (Wildman–Crippen LogP) is 3.38. The molecule has 1 unspecified atom stereocenters. The average Bonchev–Trinajstić information content (AvgIpc) is 3.46. The molecule has 4 heterocycles. The molecule has 0 saturated carbocycles. The fraction of sp³-hybridized carbons (Fsp3) is 0.542. The number of carbonyl (C=O) groups is 1. The molecule has 1 amide bonds. The second-order valence-corrected chi connectivity index (χ2v) is 9.79. The Hall–Kier alpha value is -2.49. The quantitative estimate of drug-likeness (QED) is 0.514. The molecular formula is C24H34N6O2S. The van der Waals surface area contributed by atoms with Crippen LogP contribution in [0.2, 0.25) is 0 Å². The molecule has 178 valence electrons. The standard InChI is InChI=1S/C24H34N6O2S/c1-5-17(2)30(15-19-7-6-14-32-19)9-8-25-23(31)21-18(3)20-22(26-16-27-24(20)33-21)29-12-10-28(4)11-13-29/h6-7,14,16-17H,5,8-13,15H2,1-4H3,(H,25,31). The Bertz CT molecular complexity index is 1060. The summed E-state index contributed by atoms with van der Waals surface area (Å²) < 4.78 is 5.53. The minimum atomic E-state index is -0.0399. The number of amides is 1. The second kappa shape index (κ2) is 10.6. The maximum Gasteiger partial charge on any atom is 0.261 e. The highest BCUT2D eigenvalue weighted by Gasteiger charge is 2.24. The van der Waals surface area contributed by atoms with E-state index in [2.05, 4.69) is 50.9 Å². The molecule has 1 fully saturated rings. The third-order valence-electron chi connectivity index (χ3n) is 6.55. The maximum absolute atomic E-state index is 13.1. The summed E-state index contributed by atoms with van der Waals surface area (Å²) in [6.45, 7) is 12.4. The number of anilines is 1. The van der Waals surface area contributed by atoms with E-state index in [1.807, 2.05) is 19.1 Å². The van der Waals surface area contributed by atoms with Crippen LogP contribution in [-0.4, -0.2) is 78.0 Å². The number of aryl methyl sites for hydroxylation is 1. The smallest absolute Gasteiger partial charge is 0.261 e. The zero-order valence-electron chi connectivity index (χ0n) is 20.0. The van der Waals surface area contributed by atoms with Crippen LogP contribution in [-0.2, 0) is 6.54 Å². The minimum Gasteiger partial charge on any atom is -0.468 e. The van der Waals surface area contributed by atoms with E-state index >= 15 is 0 Å². The number of aromatic nitrogens is 2. The van der Waals surface area contributed by atoms with Gasteiger partial charge >= 0.3 is 0 Å². The van der Waals surface area contributed by atoms with E-state index in [-0.39, 0.29) is 5.91 Å². The van der Waals surface area contributed by atoms with E-state index in [1.54, 1.807) is 12.6 Å². The molecule has 1 atom stereocenters. The molecule has 8 nitrogen and oxygen atoms in total. The molecule has 1 N–H and O–H groups in total. The number of nitrogens with zero attached hydrogens (tertiary/aromatic N) is 5. The highest BCUT2D eigenvalue weighted by Crippen LogP contribution is 2.35. The highest BCUT2D eigenvalue weighted by atomic mass is 32.1. The highest BCUT2D eigenvalue weighted by molar-refractivity contribution is 7.20. The number of fused-ring (bicyclic) bond motifs is 1. The van der Waals surface area contributed by atoms with Gasteiger partial charge in [-0.1, -0.05) is 6.92 Å². The van der Waals surface area contributed by atoms with Crippen LogP contribution in [0.15, 0.2) is 29.1 Å². The number of carbonyl (C=O) groups excluding carboxylic acids is 1. The lowest BCUT2D eigenvalue weighted by Crippen LogP contribution is -2.44. The lowest BCUT2D eigenvalue weighted by atomic mass is 10.1. The summed E-state index contributed by atoms with van der Waals surface area (Å²) in [5.74, 6) is 1.85. The van der Waals surface area contributed by atoms with E-state index in [0.29, 0.717) is 12.6 Å². The van der Waals surface area contributed by atoms with Gasteiger partial charge in [0.15, 0.2) is 0 Å². The van der Waals surface area contributed by atoms with E-state index in [4.69, 9.17) is 4.42 Å². The van der Waals surface area contributed by atoms with Crippen molar-refractivity contribution in [3.8, 4) is 0 Å². The largest absolute Gasteiger partial charge is 0.468 e. The Balaban J connectivity index is 1.44. The van der Waals surface area contributed by atoms with Gasteiger partial charge in [-0.25, -0.2) is 9.97 Å². The summed E-state index contributed by atoms with van der Waals surface area (Å²) in [5.41, 5.74) is 0.969. The van der Waals surface area contributed by atoms with Gasteiger partial charge in [0, 0.05) is 45.3 Å². The first-order valence-corrected chi connectivity index (χ1v) is 12.5. The van der Waals surface area contributed by atoms with Crippen molar-refractivity contribution in [1.29, 1.82) is 0 Å². The number of hydrogen-bond acceptors (Lipinski definition) is 8. The Kier molecular flexibility index (Phi) is 7.62. The van der Waals surface area contributed by atoms with Crippen molar-refractivity contribution in [3.63, 3.8) is 0 Å². The van der Waals surface area contributed by atoms with E-state index in [9.17, 15) is 4.79 Å². The zero-order valence-corrected chi connectivity index (χ0v) is 20.8. The fourth-order valence-corrected chi connectivity index (χ4v) is 5.30. The van der Waals surface area contributed by atoms with Gasteiger partial charge in [-0.15, -0.1) is 11.3 Å². The number of furan rings is 1. The van der Waals surface area contributed by atoms with Crippen LogP contribution < -0.4 is 10.2 Å². The van der Waals surface area contributed by atoms with Crippen LogP contribution in [0.1, 0.15) is 41.3 Å². The third kappa shape index (κ3) is 5.37. The topological polar surface area (TPSA) is 77.7 Å². The molecule has 33 heavy (non-hydrogen) atoms. The monoisotopic (exact) mass is 470 g/mol. The molecule has 0 aliphatic carbocycles. The molecule has 1 aliphatic heterocycles. The third-order valence-corrected chi connectivity index (χ3v) is 7.75. The van der Waals surface area contributed by atoms with Gasteiger partial charge < -0.3 is 19.5 Å². The van der Waals surface area contributed by atoms with Crippen molar-refractivity contribution in [3.05, 3.63) is 40.9 Å². The molecule has 4 rings (SSSR count). The maximum atomic E-state index is 13.1. The summed E-state index contributed by atoms with van der Waals surface area (Å²) in [4.78, 5) is 30.7. The van der Waals surface area contributed by atoms with Gasteiger partial charge in [-0.3, -0.25) is 9.69 Å². The van der Waals surface area contributed by atoms with Gasteiger partial charge in [-0.2, -0.15) is 0 Å². The fourth-order valence-electron chi connectivity index (χ4n) is 4.24. The first-order chi connectivity index (χ1) is 16.0. The van der Waals surface area contributed by atoms with Gasteiger partial charge in [-0.05, 0) is 45.0 Å². The minimum absolute atomic E-state index is 0.0399. The van der Waals surface area contributed by atoms with Crippen LogP contribution in [0.4, 0.5) is 5.82 Å². The molecule has 9 heteroatoms. The SMILES string of the molecule is CCC(C)N(CCNC(=O)c1sc2ncnc(N3CCN(C)CC3)c2c1C)Cc1ccco1. The van der Waals surface area contributed by atoms with Crippen LogP contribution in [0.25, 0.3) is 10.2 Å². The molecule has 0 radical (unpaired) electrons. The van der Waals surface area contributed by atoms with Gasteiger partial charge in [0.2, 0.25) is 0 Å². The molecular weight excluding hydrogens is 436 g/mol. The van der Waals surface area contributed by atoms with Crippen LogP contribution in [0, 0.1) is 6.92 Å². The Morgan fingerprint density at radius 3 is 2.79 bits per heavy atom. The van der Waals surface area contributed by atoms with Crippen molar-refractivity contribution < 1.29 is 9.21 Å². The molecule has 1 saturated heterocycles. The van der Waals surface area contributed by atoms with Crippen molar-refractivity contribution in [2.45, 2.75) is 39.8 Å². The number of nitrogens with one attached hydrogen (secondary N) is 1. The number of piperazine rings is 1. The molecule has 0 spiro atoms. The summed E-state index contributed by atoms with van der Waals surface area (Å²) >= 11 is 1.46. The van der Waals surface area contributed by atoms with Crippen molar-refractivity contribution in [2.75, 3.05) is 51.2 Å². The number of rotatable bonds is 9. The molecule has 3 aromatic rings. The molecule has 0 bridgehead atoms. The lowest BCUT2D eigenvalue weighted by molar-refractivity contribution is 0.0945. The molecule has 0 aromatic carbocycles. The number of thiophene rings is 1. The van der Waals surface area contributed by atoms with E-state index in [1.165, 1.54) is 11.3 Å². The van der Waals surface area contributed by atoms with Crippen molar-refractivity contribution in [2.24, 2.45) is 0 Å². The van der Waals surface area contributed by atoms with Crippen LogP contribution in [0.3, 0.4) is 0 Å². The second-order valence-electron chi connectivity index (χ2n) is 8.79. The molecule has 3 aromatic heterocycles. The van der Waals surface area contributed by atoms with E-state index < -0.39 is 0 Å². The van der Waals surface area contributed by atoms with Crippen LogP contribution >= 0.6 is 11.3 Å². The van der Waals surface area contributed by atoms with Gasteiger partial charge in [0.1, 0.15) is 22.7 Å².